The third kappa shape index (κ3) is 3.75. The molecule has 224 valence electrons. The van der Waals surface area contributed by atoms with E-state index in [0.717, 1.165) is 68.5 Å². The van der Waals surface area contributed by atoms with Crippen molar-refractivity contribution in [1.82, 2.24) is 9.13 Å². The average molecular weight is 623 g/mol. The number of thiophene rings is 1. The van der Waals surface area contributed by atoms with E-state index in [-0.39, 0.29) is 0 Å². The second kappa shape index (κ2) is 9.86. The predicted molar refractivity (Wildman–Crippen MR) is 202 cm³/mol. The van der Waals surface area contributed by atoms with E-state index in [1.807, 2.05) is 23.5 Å². The molecule has 9 aromatic rings. The van der Waals surface area contributed by atoms with Gasteiger partial charge in [0.15, 0.2) is 0 Å². The van der Waals surface area contributed by atoms with Crippen LogP contribution in [0.1, 0.15) is 16.9 Å². The standard InChI is InChI=1S/C42H30N4S/c43-26-18-21-36-32(24-26)29-11-4-6-15-35(29)46(36)41-28(13-8-14-34(41)44)25-17-20-37-33(23-25)40-38(45(37)27-9-2-1-3-10-27)22-19-31-30-12-5-7-16-39(30)47-42(31)40/h1-4,6-11,13-24H,5,12,43-44H2. The van der Waals surface area contributed by atoms with Crippen molar-refractivity contribution in [3.63, 3.8) is 0 Å². The first-order valence-corrected chi connectivity index (χ1v) is 16.9. The summed E-state index contributed by atoms with van der Waals surface area (Å²) in [7, 11) is 0. The molecule has 10 rings (SSSR count). The molecule has 0 bridgehead atoms. The molecule has 0 aliphatic heterocycles. The van der Waals surface area contributed by atoms with E-state index in [4.69, 9.17) is 11.5 Å². The molecular weight excluding hydrogens is 593 g/mol. The number of allylic oxidation sites excluding steroid dienone is 1. The van der Waals surface area contributed by atoms with Gasteiger partial charge in [-0.3, -0.25) is 0 Å². The number of para-hydroxylation sites is 3. The third-order valence-corrected chi connectivity index (χ3v) is 11.1. The first-order chi connectivity index (χ1) is 23.2. The van der Waals surface area contributed by atoms with Gasteiger partial charge in [0, 0.05) is 48.1 Å². The van der Waals surface area contributed by atoms with Gasteiger partial charge in [0.05, 0.1) is 33.4 Å². The normalized spacial score (nSPS) is 13.0. The highest BCUT2D eigenvalue weighted by atomic mass is 32.1. The Labute approximate surface area is 275 Å². The summed E-state index contributed by atoms with van der Waals surface area (Å²) in [6.45, 7) is 0. The number of benzene rings is 6. The van der Waals surface area contributed by atoms with Crippen LogP contribution in [0.25, 0.3) is 82.3 Å². The van der Waals surface area contributed by atoms with E-state index < -0.39 is 0 Å². The number of aryl methyl sites for hydroxylation is 1. The number of hydrogen-bond acceptors (Lipinski definition) is 3. The molecule has 5 heteroatoms. The van der Waals surface area contributed by atoms with Gasteiger partial charge >= 0.3 is 0 Å². The lowest BCUT2D eigenvalue weighted by Gasteiger charge is -2.17. The van der Waals surface area contributed by atoms with Gasteiger partial charge in [-0.15, -0.1) is 11.3 Å². The van der Waals surface area contributed by atoms with E-state index in [1.165, 1.54) is 42.3 Å². The summed E-state index contributed by atoms with van der Waals surface area (Å²) in [4.78, 5) is 1.39. The summed E-state index contributed by atoms with van der Waals surface area (Å²) in [5.74, 6) is 0. The van der Waals surface area contributed by atoms with Crippen LogP contribution in [-0.2, 0) is 6.42 Å². The summed E-state index contributed by atoms with van der Waals surface area (Å²) in [6, 6.07) is 43.2. The van der Waals surface area contributed by atoms with Crippen molar-refractivity contribution in [1.29, 1.82) is 0 Å². The van der Waals surface area contributed by atoms with Crippen molar-refractivity contribution >= 4 is 82.5 Å². The second-order valence-corrected chi connectivity index (χ2v) is 13.5. The molecule has 47 heavy (non-hydrogen) atoms. The Morgan fingerprint density at radius 1 is 0.596 bits per heavy atom. The highest BCUT2D eigenvalue weighted by Crippen LogP contribution is 2.46. The van der Waals surface area contributed by atoms with E-state index in [1.54, 1.807) is 0 Å². The number of nitrogens with two attached hydrogens (primary N) is 2. The first kappa shape index (κ1) is 26.4. The second-order valence-electron chi connectivity index (χ2n) is 12.5. The molecule has 0 atom stereocenters. The molecule has 1 aliphatic rings. The zero-order valence-electron chi connectivity index (χ0n) is 25.6. The van der Waals surface area contributed by atoms with Crippen molar-refractivity contribution in [3.05, 3.63) is 138 Å². The van der Waals surface area contributed by atoms with Gasteiger partial charge in [0.1, 0.15) is 0 Å². The number of nitrogens with zero attached hydrogens (tertiary/aromatic N) is 2. The quantitative estimate of drug-likeness (QED) is 0.193. The Morgan fingerprint density at radius 3 is 2.30 bits per heavy atom. The molecule has 0 saturated heterocycles. The van der Waals surface area contributed by atoms with E-state index in [0.29, 0.717) is 0 Å². The number of rotatable bonds is 3. The Hall–Kier alpha value is -5.78. The van der Waals surface area contributed by atoms with E-state index in [9.17, 15) is 0 Å². The maximum Gasteiger partial charge on any atom is 0.0770 e. The molecule has 3 heterocycles. The SMILES string of the molecule is Nc1ccc2c(c1)c1ccccc1n2-c1c(N)cccc1-c1ccc2c(c1)c1c3sc4c(c3ccc1n2-c1ccccc1)CCC=C4. The van der Waals surface area contributed by atoms with Crippen molar-refractivity contribution in [3.8, 4) is 22.5 Å². The van der Waals surface area contributed by atoms with Crippen molar-refractivity contribution in [2.24, 2.45) is 0 Å². The number of fused-ring (bicyclic) bond motifs is 10. The lowest BCUT2D eigenvalue weighted by atomic mass is 9.98. The fourth-order valence-electron chi connectivity index (χ4n) is 7.84. The zero-order chi connectivity index (χ0) is 31.2. The summed E-state index contributed by atoms with van der Waals surface area (Å²) < 4.78 is 6.09. The van der Waals surface area contributed by atoms with Gasteiger partial charge in [-0.05, 0) is 96.1 Å². The maximum atomic E-state index is 6.92. The van der Waals surface area contributed by atoms with Crippen LogP contribution in [0.4, 0.5) is 11.4 Å². The summed E-state index contributed by atoms with van der Waals surface area (Å²) in [5.41, 5.74) is 25.2. The van der Waals surface area contributed by atoms with Crippen LogP contribution in [0.15, 0.2) is 127 Å². The molecule has 0 fully saturated rings. The molecule has 4 nitrogen and oxygen atoms in total. The fraction of sp³-hybridized carbons (Fsp3) is 0.0476. The molecule has 0 radical (unpaired) electrons. The van der Waals surface area contributed by atoms with Crippen LogP contribution in [0.2, 0.25) is 0 Å². The van der Waals surface area contributed by atoms with E-state index in [2.05, 4.69) is 130 Å². The van der Waals surface area contributed by atoms with Gasteiger partial charge in [0.25, 0.3) is 0 Å². The highest BCUT2D eigenvalue weighted by molar-refractivity contribution is 7.21. The van der Waals surface area contributed by atoms with Gasteiger partial charge < -0.3 is 20.6 Å². The summed E-state index contributed by atoms with van der Waals surface area (Å²) in [5, 5.41) is 6.22. The zero-order valence-corrected chi connectivity index (χ0v) is 26.4. The Bertz CT molecular complexity index is 2760. The minimum absolute atomic E-state index is 0.730. The van der Waals surface area contributed by atoms with Gasteiger partial charge in [-0.2, -0.15) is 0 Å². The Kier molecular flexibility index (Phi) is 5.55. The molecule has 4 N–H and O–H groups in total. The van der Waals surface area contributed by atoms with Crippen molar-refractivity contribution in [2.75, 3.05) is 11.5 Å². The molecule has 0 saturated carbocycles. The van der Waals surface area contributed by atoms with Gasteiger partial charge in [0.2, 0.25) is 0 Å². The largest absolute Gasteiger partial charge is 0.399 e. The number of anilines is 2. The number of nitrogen functional groups attached to an aromatic ring is 2. The number of hydrogen-bond donors (Lipinski definition) is 2. The fourth-order valence-corrected chi connectivity index (χ4v) is 9.17. The molecule has 0 amide bonds. The van der Waals surface area contributed by atoms with E-state index >= 15 is 0 Å². The van der Waals surface area contributed by atoms with Crippen molar-refractivity contribution < 1.29 is 0 Å². The predicted octanol–water partition coefficient (Wildman–Crippen LogP) is 10.9. The monoisotopic (exact) mass is 622 g/mol. The van der Waals surface area contributed by atoms with Crippen molar-refractivity contribution in [2.45, 2.75) is 12.8 Å². The summed E-state index contributed by atoms with van der Waals surface area (Å²) in [6.07, 6.45) is 6.82. The minimum Gasteiger partial charge on any atom is -0.399 e. The first-order valence-electron chi connectivity index (χ1n) is 16.1. The highest BCUT2D eigenvalue weighted by Gasteiger charge is 2.22. The van der Waals surface area contributed by atoms with Crippen LogP contribution in [-0.4, -0.2) is 9.13 Å². The molecule has 0 unspecified atom stereocenters. The van der Waals surface area contributed by atoms with Crippen LogP contribution < -0.4 is 11.5 Å². The molecular formula is C42H30N4S. The lowest BCUT2D eigenvalue weighted by Crippen LogP contribution is -2.02. The minimum atomic E-state index is 0.730. The van der Waals surface area contributed by atoms with Gasteiger partial charge in [-0.1, -0.05) is 66.7 Å². The Morgan fingerprint density at radius 2 is 1.38 bits per heavy atom. The molecule has 0 spiro atoms. The van der Waals surface area contributed by atoms with Crippen LogP contribution >= 0.6 is 11.3 Å². The molecule has 3 aromatic heterocycles. The smallest absolute Gasteiger partial charge is 0.0770 e. The molecule has 1 aliphatic carbocycles. The summed E-state index contributed by atoms with van der Waals surface area (Å²) >= 11 is 1.93. The average Bonchev–Trinajstić information content (AvgIpc) is 3.76. The van der Waals surface area contributed by atoms with Crippen LogP contribution in [0, 0.1) is 0 Å². The maximum absolute atomic E-state index is 6.92. The lowest BCUT2D eigenvalue weighted by molar-refractivity contribution is 1.01. The van der Waals surface area contributed by atoms with Gasteiger partial charge in [-0.25, -0.2) is 0 Å². The number of aromatic nitrogens is 2. The van der Waals surface area contributed by atoms with Crippen LogP contribution in [0.3, 0.4) is 0 Å². The molecule has 6 aromatic carbocycles. The Balaban J connectivity index is 1.30. The topological polar surface area (TPSA) is 61.9 Å². The third-order valence-electron chi connectivity index (χ3n) is 9.86. The van der Waals surface area contributed by atoms with Crippen LogP contribution in [0.5, 0.6) is 0 Å².